The van der Waals surface area contributed by atoms with Crippen LogP contribution in [0.2, 0.25) is 19.6 Å². The number of allylic oxidation sites excluding steroid dienone is 2. The van der Waals surface area contributed by atoms with Gasteiger partial charge in [0.2, 0.25) is 8.32 Å². The van der Waals surface area contributed by atoms with Crippen molar-refractivity contribution in [2.24, 2.45) is 0 Å². The van der Waals surface area contributed by atoms with Crippen LogP contribution in [0.3, 0.4) is 0 Å². The van der Waals surface area contributed by atoms with Crippen molar-refractivity contribution in [3.8, 4) is 0 Å². The summed E-state index contributed by atoms with van der Waals surface area (Å²) in [5, 5.41) is 0. The molecule has 0 N–H and O–H groups in total. The molecule has 66 valence electrons. The maximum absolute atomic E-state index is 5.82. The molecule has 11 heavy (non-hydrogen) atoms. The Morgan fingerprint density at radius 1 is 1.45 bits per heavy atom. The Bertz CT molecular complexity index is 138. The minimum Gasteiger partial charge on any atom is -0.548 e. The number of hydrogen-bond donors (Lipinski definition) is 0. The van der Waals surface area contributed by atoms with Crippen molar-refractivity contribution in [3.63, 3.8) is 0 Å². The van der Waals surface area contributed by atoms with Crippen molar-refractivity contribution >= 4 is 30.9 Å². The fourth-order valence-corrected chi connectivity index (χ4v) is 2.24. The predicted octanol–water partition coefficient (Wildman–Crippen LogP) is 3.57. The van der Waals surface area contributed by atoms with E-state index in [2.05, 4.69) is 55.2 Å². The van der Waals surface area contributed by atoms with E-state index >= 15 is 0 Å². The lowest BCUT2D eigenvalue weighted by Gasteiger charge is -2.20. The summed E-state index contributed by atoms with van der Waals surface area (Å²) in [7, 11) is -1.35. The van der Waals surface area contributed by atoms with Crippen LogP contribution in [0.5, 0.6) is 0 Å². The monoisotopic (exact) mass is 284 g/mol. The lowest BCUT2D eigenvalue weighted by molar-refractivity contribution is 0.405. The molecule has 0 fully saturated rings. The van der Waals surface area contributed by atoms with Crippen LogP contribution in [-0.2, 0) is 4.43 Å². The molecule has 0 rings (SSSR count). The van der Waals surface area contributed by atoms with E-state index in [1.165, 1.54) is 5.76 Å². The van der Waals surface area contributed by atoms with Gasteiger partial charge in [-0.3, -0.25) is 0 Å². The van der Waals surface area contributed by atoms with Crippen molar-refractivity contribution in [2.75, 3.05) is 4.43 Å². The highest BCUT2D eigenvalue weighted by atomic mass is 127. The van der Waals surface area contributed by atoms with Gasteiger partial charge in [-0.15, -0.1) is 0 Å². The van der Waals surface area contributed by atoms with E-state index in [1.54, 1.807) is 0 Å². The Morgan fingerprint density at radius 3 is 2.27 bits per heavy atom. The molecule has 0 spiro atoms. The molecule has 0 aromatic heterocycles. The molecular weight excluding hydrogens is 267 g/mol. The molecule has 0 saturated heterocycles. The van der Waals surface area contributed by atoms with Gasteiger partial charge in [0.25, 0.3) is 0 Å². The summed E-state index contributed by atoms with van der Waals surface area (Å²) in [5.41, 5.74) is 0. The van der Waals surface area contributed by atoms with Crippen LogP contribution in [0.4, 0.5) is 0 Å². The molecule has 0 atom stereocenters. The average Bonchev–Trinajstić information content (AvgIpc) is 1.84. The summed E-state index contributed by atoms with van der Waals surface area (Å²) >= 11 is 2.34. The number of alkyl halides is 1. The Balaban J connectivity index is 3.99. The first kappa shape index (κ1) is 11.5. The zero-order valence-electron chi connectivity index (χ0n) is 7.78. The Labute approximate surface area is 84.5 Å². The Morgan fingerprint density at radius 2 is 2.00 bits per heavy atom. The minimum atomic E-state index is -1.35. The van der Waals surface area contributed by atoms with Crippen molar-refractivity contribution in [3.05, 3.63) is 11.8 Å². The molecule has 0 bridgehead atoms. The highest BCUT2D eigenvalue weighted by Crippen LogP contribution is 2.13. The van der Waals surface area contributed by atoms with Gasteiger partial charge < -0.3 is 4.43 Å². The number of halogens is 1. The second-order valence-electron chi connectivity index (χ2n) is 3.39. The molecule has 1 nitrogen and oxygen atoms in total. The fourth-order valence-electron chi connectivity index (χ4n) is 0.738. The van der Waals surface area contributed by atoms with Crippen LogP contribution in [0.15, 0.2) is 11.8 Å². The van der Waals surface area contributed by atoms with Gasteiger partial charge in [-0.05, 0) is 25.7 Å². The highest BCUT2D eigenvalue weighted by Gasteiger charge is 2.16. The van der Waals surface area contributed by atoms with E-state index in [1.807, 2.05) is 0 Å². The lowest BCUT2D eigenvalue weighted by atomic mass is 10.4. The van der Waals surface area contributed by atoms with E-state index in [9.17, 15) is 0 Å². The SMILES string of the molecule is CC/C(=C\CI)O[Si](C)(C)C. The van der Waals surface area contributed by atoms with Gasteiger partial charge in [0.15, 0.2) is 0 Å². The third-order valence-electron chi connectivity index (χ3n) is 1.09. The van der Waals surface area contributed by atoms with E-state index in [4.69, 9.17) is 4.43 Å². The van der Waals surface area contributed by atoms with E-state index in [0.717, 1.165) is 10.8 Å². The fraction of sp³-hybridized carbons (Fsp3) is 0.750. The van der Waals surface area contributed by atoms with Gasteiger partial charge in [0, 0.05) is 10.8 Å². The molecule has 0 radical (unpaired) electrons. The van der Waals surface area contributed by atoms with Gasteiger partial charge in [-0.2, -0.15) is 0 Å². The van der Waals surface area contributed by atoms with Gasteiger partial charge in [-0.25, -0.2) is 0 Å². The third-order valence-corrected chi connectivity index (χ3v) is 2.41. The topological polar surface area (TPSA) is 9.23 Å². The molecule has 0 aromatic carbocycles. The molecular formula is C8H17IOSi. The summed E-state index contributed by atoms with van der Waals surface area (Å²) in [6, 6.07) is 0. The summed E-state index contributed by atoms with van der Waals surface area (Å²) in [5.74, 6) is 1.17. The summed E-state index contributed by atoms with van der Waals surface area (Å²) in [6.07, 6.45) is 3.19. The van der Waals surface area contributed by atoms with Crippen LogP contribution in [0.25, 0.3) is 0 Å². The van der Waals surface area contributed by atoms with Gasteiger partial charge in [0.05, 0.1) is 5.76 Å². The van der Waals surface area contributed by atoms with E-state index < -0.39 is 8.32 Å². The Kier molecular flexibility index (Phi) is 5.42. The quantitative estimate of drug-likeness (QED) is 0.332. The van der Waals surface area contributed by atoms with Crippen LogP contribution in [-0.4, -0.2) is 12.7 Å². The molecule has 0 aliphatic heterocycles. The maximum atomic E-state index is 5.82. The van der Waals surface area contributed by atoms with Gasteiger partial charge in [-0.1, -0.05) is 29.5 Å². The molecule has 0 unspecified atom stereocenters. The molecule has 0 heterocycles. The first-order chi connectivity index (χ1) is 4.99. The molecule has 0 aliphatic carbocycles. The zero-order valence-corrected chi connectivity index (χ0v) is 10.9. The summed E-state index contributed by atoms with van der Waals surface area (Å²) < 4.78 is 6.87. The van der Waals surface area contributed by atoms with Crippen LogP contribution >= 0.6 is 22.6 Å². The van der Waals surface area contributed by atoms with Crippen LogP contribution in [0.1, 0.15) is 13.3 Å². The molecule has 0 aliphatic rings. The van der Waals surface area contributed by atoms with Crippen molar-refractivity contribution in [2.45, 2.75) is 33.0 Å². The largest absolute Gasteiger partial charge is 0.548 e. The molecule has 0 amide bonds. The van der Waals surface area contributed by atoms with E-state index in [-0.39, 0.29) is 0 Å². The summed E-state index contributed by atoms with van der Waals surface area (Å²) in [6.45, 7) is 8.77. The highest BCUT2D eigenvalue weighted by molar-refractivity contribution is 14.1. The summed E-state index contributed by atoms with van der Waals surface area (Å²) in [4.78, 5) is 0. The molecule has 3 heteroatoms. The standard InChI is InChI=1S/C8H17IOSi/c1-5-8(6-7-9)10-11(2,3)4/h6H,5,7H2,1-4H3/b8-6+. The van der Waals surface area contributed by atoms with E-state index in [0.29, 0.717) is 0 Å². The third kappa shape index (κ3) is 6.87. The first-order valence-electron chi connectivity index (χ1n) is 3.93. The Hall–Kier alpha value is 0.487. The van der Waals surface area contributed by atoms with Crippen LogP contribution in [0, 0.1) is 0 Å². The van der Waals surface area contributed by atoms with Crippen molar-refractivity contribution in [1.29, 1.82) is 0 Å². The predicted molar refractivity (Wildman–Crippen MR) is 61.7 cm³/mol. The van der Waals surface area contributed by atoms with Gasteiger partial charge >= 0.3 is 0 Å². The number of hydrogen-bond acceptors (Lipinski definition) is 1. The first-order valence-corrected chi connectivity index (χ1v) is 8.87. The maximum Gasteiger partial charge on any atom is 0.241 e. The molecule has 0 aromatic rings. The minimum absolute atomic E-state index is 1.02. The average molecular weight is 284 g/mol. The normalized spacial score (nSPS) is 13.4. The lowest BCUT2D eigenvalue weighted by Crippen LogP contribution is -2.24. The van der Waals surface area contributed by atoms with Crippen molar-refractivity contribution < 1.29 is 4.43 Å². The molecule has 0 saturated carbocycles. The second kappa shape index (κ2) is 5.19. The van der Waals surface area contributed by atoms with Crippen LogP contribution < -0.4 is 0 Å². The number of rotatable bonds is 4. The zero-order chi connectivity index (χ0) is 8.91. The van der Waals surface area contributed by atoms with Crippen molar-refractivity contribution in [1.82, 2.24) is 0 Å². The second-order valence-corrected chi connectivity index (χ2v) is 8.70. The van der Waals surface area contributed by atoms with Gasteiger partial charge in [0.1, 0.15) is 0 Å². The smallest absolute Gasteiger partial charge is 0.241 e.